The Bertz CT molecular complexity index is 221. The van der Waals surface area contributed by atoms with Gasteiger partial charge in [0.25, 0.3) is 0 Å². The zero-order chi connectivity index (χ0) is 14.1. The lowest BCUT2D eigenvalue weighted by atomic mass is 9.77. The topological polar surface area (TPSA) is 35.2 Å². The Hall–Kier alpha value is -0.0800. The van der Waals surface area contributed by atoms with Gasteiger partial charge in [-0.15, -0.1) is 0 Å². The molecule has 0 bridgehead atoms. The molecule has 1 aliphatic carbocycles. The van der Waals surface area contributed by atoms with Crippen LogP contribution in [0.2, 0.25) is 0 Å². The van der Waals surface area contributed by atoms with Crippen molar-refractivity contribution in [2.45, 2.75) is 84.2 Å². The van der Waals surface area contributed by atoms with Crippen LogP contribution in [0.25, 0.3) is 0 Å². The van der Waals surface area contributed by atoms with Crippen molar-refractivity contribution in [1.29, 1.82) is 0 Å². The molecule has 19 heavy (non-hydrogen) atoms. The predicted octanol–water partition coefficient (Wildman–Crippen LogP) is 4.52. The third kappa shape index (κ3) is 5.43. The zero-order valence-corrected chi connectivity index (χ0v) is 13.4. The highest BCUT2D eigenvalue weighted by molar-refractivity contribution is 4.88. The smallest absolute Gasteiger partial charge is 0.0804 e. The van der Waals surface area contributed by atoms with Crippen molar-refractivity contribution in [2.24, 2.45) is 17.6 Å². The lowest BCUT2D eigenvalue weighted by molar-refractivity contribution is -0.0854. The first-order valence-corrected chi connectivity index (χ1v) is 8.53. The quantitative estimate of drug-likeness (QED) is 0.668. The SMILES string of the molecule is CCCCC(CC)COC1(CN)CCC(CC)CC1. The monoisotopic (exact) mass is 269 g/mol. The molecule has 2 heteroatoms. The van der Waals surface area contributed by atoms with Crippen LogP contribution < -0.4 is 5.73 Å². The van der Waals surface area contributed by atoms with E-state index in [-0.39, 0.29) is 5.60 Å². The number of ether oxygens (including phenoxy) is 1. The van der Waals surface area contributed by atoms with Gasteiger partial charge in [0, 0.05) is 6.54 Å². The van der Waals surface area contributed by atoms with Crippen LogP contribution in [0.3, 0.4) is 0 Å². The standard InChI is InChI=1S/C17H35NO/c1-4-7-8-16(6-3)13-19-17(14-18)11-9-15(5-2)10-12-17/h15-16H,4-14,18H2,1-3H3. The molecule has 0 aromatic heterocycles. The minimum absolute atomic E-state index is 0.00526. The molecule has 0 spiro atoms. The second kappa shape index (κ2) is 8.97. The fourth-order valence-corrected chi connectivity index (χ4v) is 3.21. The molecular weight excluding hydrogens is 234 g/mol. The molecule has 0 aromatic carbocycles. The average molecular weight is 269 g/mol. The lowest BCUT2D eigenvalue weighted by Gasteiger charge is -2.40. The summed E-state index contributed by atoms with van der Waals surface area (Å²) in [6, 6.07) is 0. The maximum atomic E-state index is 6.34. The molecule has 0 amide bonds. The largest absolute Gasteiger partial charge is 0.373 e. The number of hydrogen-bond donors (Lipinski definition) is 1. The van der Waals surface area contributed by atoms with Crippen molar-refractivity contribution in [1.82, 2.24) is 0 Å². The summed E-state index contributed by atoms with van der Waals surface area (Å²) in [6.07, 6.45) is 11.4. The molecule has 1 aliphatic rings. The summed E-state index contributed by atoms with van der Waals surface area (Å²) in [4.78, 5) is 0. The van der Waals surface area contributed by atoms with E-state index in [1.165, 1.54) is 57.8 Å². The average Bonchev–Trinajstić information content (AvgIpc) is 2.48. The third-order valence-electron chi connectivity index (χ3n) is 5.13. The van der Waals surface area contributed by atoms with E-state index in [0.717, 1.165) is 18.4 Å². The lowest BCUT2D eigenvalue weighted by Crippen LogP contribution is -2.44. The summed E-state index contributed by atoms with van der Waals surface area (Å²) in [5.41, 5.74) is 6.03. The van der Waals surface area contributed by atoms with Crippen LogP contribution in [0.5, 0.6) is 0 Å². The van der Waals surface area contributed by atoms with Gasteiger partial charge in [-0.3, -0.25) is 0 Å². The number of unbranched alkanes of at least 4 members (excludes halogenated alkanes) is 1. The van der Waals surface area contributed by atoms with Gasteiger partial charge in [0.1, 0.15) is 0 Å². The first-order valence-electron chi connectivity index (χ1n) is 8.53. The molecule has 1 rings (SSSR count). The maximum absolute atomic E-state index is 6.34. The van der Waals surface area contributed by atoms with Gasteiger partial charge in [0.15, 0.2) is 0 Å². The van der Waals surface area contributed by atoms with Crippen LogP contribution in [-0.4, -0.2) is 18.8 Å². The third-order valence-corrected chi connectivity index (χ3v) is 5.13. The molecule has 2 N–H and O–H groups in total. The first kappa shape index (κ1) is 17.0. The van der Waals surface area contributed by atoms with E-state index in [1.54, 1.807) is 0 Å². The first-order chi connectivity index (χ1) is 9.19. The van der Waals surface area contributed by atoms with Crippen molar-refractivity contribution >= 4 is 0 Å². The summed E-state index contributed by atoms with van der Waals surface area (Å²) >= 11 is 0. The Morgan fingerprint density at radius 3 is 2.37 bits per heavy atom. The Morgan fingerprint density at radius 1 is 1.21 bits per heavy atom. The van der Waals surface area contributed by atoms with Crippen molar-refractivity contribution in [3.63, 3.8) is 0 Å². The Morgan fingerprint density at radius 2 is 1.89 bits per heavy atom. The van der Waals surface area contributed by atoms with Gasteiger partial charge < -0.3 is 10.5 Å². The molecule has 114 valence electrons. The molecular formula is C17H35NO. The molecule has 1 atom stereocenters. The van der Waals surface area contributed by atoms with Crippen molar-refractivity contribution in [2.75, 3.05) is 13.2 Å². The number of nitrogens with two attached hydrogens (primary N) is 1. The van der Waals surface area contributed by atoms with E-state index in [9.17, 15) is 0 Å². The molecule has 0 radical (unpaired) electrons. The maximum Gasteiger partial charge on any atom is 0.0804 e. The Balaban J connectivity index is 2.39. The highest BCUT2D eigenvalue weighted by Crippen LogP contribution is 2.36. The van der Waals surface area contributed by atoms with Crippen molar-refractivity contribution < 1.29 is 4.74 Å². The second-order valence-corrected chi connectivity index (χ2v) is 6.47. The van der Waals surface area contributed by atoms with E-state index >= 15 is 0 Å². The molecule has 1 unspecified atom stereocenters. The fourth-order valence-electron chi connectivity index (χ4n) is 3.21. The molecule has 0 saturated heterocycles. The van der Waals surface area contributed by atoms with Crippen LogP contribution in [0, 0.1) is 11.8 Å². The summed E-state index contributed by atoms with van der Waals surface area (Å²) in [5, 5.41) is 0. The summed E-state index contributed by atoms with van der Waals surface area (Å²) in [7, 11) is 0. The normalized spacial score (nSPS) is 29.4. The minimum atomic E-state index is 0.00526. The minimum Gasteiger partial charge on any atom is -0.373 e. The highest BCUT2D eigenvalue weighted by Gasteiger charge is 2.34. The summed E-state index contributed by atoms with van der Waals surface area (Å²) in [5.74, 6) is 1.64. The summed E-state index contributed by atoms with van der Waals surface area (Å²) < 4.78 is 6.34. The Kier molecular flexibility index (Phi) is 8.01. The van der Waals surface area contributed by atoms with Crippen LogP contribution >= 0.6 is 0 Å². The van der Waals surface area contributed by atoms with Gasteiger partial charge in [0.2, 0.25) is 0 Å². The van der Waals surface area contributed by atoms with Crippen molar-refractivity contribution in [3.05, 3.63) is 0 Å². The number of hydrogen-bond acceptors (Lipinski definition) is 2. The Labute approximate surface area is 120 Å². The predicted molar refractivity (Wildman–Crippen MR) is 83.3 cm³/mol. The second-order valence-electron chi connectivity index (χ2n) is 6.47. The van der Waals surface area contributed by atoms with Crippen molar-refractivity contribution in [3.8, 4) is 0 Å². The molecule has 0 aliphatic heterocycles. The fraction of sp³-hybridized carbons (Fsp3) is 1.00. The zero-order valence-electron chi connectivity index (χ0n) is 13.4. The van der Waals surface area contributed by atoms with Gasteiger partial charge in [-0.2, -0.15) is 0 Å². The van der Waals surface area contributed by atoms with Gasteiger partial charge >= 0.3 is 0 Å². The van der Waals surface area contributed by atoms with E-state index in [4.69, 9.17) is 10.5 Å². The van der Waals surface area contributed by atoms with Gasteiger partial charge in [-0.05, 0) is 43.9 Å². The van der Waals surface area contributed by atoms with Gasteiger partial charge in [-0.25, -0.2) is 0 Å². The van der Waals surface area contributed by atoms with E-state index in [0.29, 0.717) is 6.54 Å². The van der Waals surface area contributed by atoms with Crippen LogP contribution in [0.15, 0.2) is 0 Å². The molecule has 1 saturated carbocycles. The van der Waals surface area contributed by atoms with Crippen LogP contribution in [-0.2, 0) is 4.74 Å². The van der Waals surface area contributed by atoms with Crippen LogP contribution in [0.1, 0.15) is 78.6 Å². The van der Waals surface area contributed by atoms with E-state index in [1.807, 2.05) is 0 Å². The summed E-state index contributed by atoms with van der Waals surface area (Å²) in [6.45, 7) is 8.48. The van der Waals surface area contributed by atoms with Gasteiger partial charge in [-0.1, -0.05) is 46.5 Å². The highest BCUT2D eigenvalue weighted by atomic mass is 16.5. The molecule has 0 aromatic rings. The molecule has 1 fully saturated rings. The van der Waals surface area contributed by atoms with Crippen LogP contribution in [0.4, 0.5) is 0 Å². The van der Waals surface area contributed by atoms with Gasteiger partial charge in [0.05, 0.1) is 12.2 Å². The molecule has 2 nitrogen and oxygen atoms in total. The number of rotatable bonds is 9. The molecule has 0 heterocycles. The van der Waals surface area contributed by atoms with E-state index < -0.39 is 0 Å². The van der Waals surface area contributed by atoms with E-state index in [2.05, 4.69) is 20.8 Å².